The van der Waals surface area contributed by atoms with Gasteiger partial charge in [0.25, 0.3) is 5.56 Å². The molecule has 0 unspecified atom stereocenters. The Morgan fingerprint density at radius 3 is 2.64 bits per heavy atom. The van der Waals surface area contributed by atoms with Gasteiger partial charge in [-0.05, 0) is 54.8 Å². The number of hydrogen-bond donors (Lipinski definition) is 2. The van der Waals surface area contributed by atoms with E-state index in [0.29, 0.717) is 40.9 Å². The minimum absolute atomic E-state index is 0.0198. The van der Waals surface area contributed by atoms with E-state index in [1.54, 1.807) is 26.1 Å². The van der Waals surface area contributed by atoms with Gasteiger partial charge in [-0.2, -0.15) is 5.06 Å². The zero-order valence-electron chi connectivity index (χ0n) is 20.2. The number of halogens is 1. The summed E-state index contributed by atoms with van der Waals surface area (Å²) in [6, 6.07) is 15.3. The normalized spacial score (nSPS) is 15.3. The molecule has 8 nitrogen and oxygen atoms in total. The summed E-state index contributed by atoms with van der Waals surface area (Å²) < 4.78 is 16.3. The van der Waals surface area contributed by atoms with E-state index < -0.39 is 11.8 Å². The van der Waals surface area contributed by atoms with E-state index in [0.717, 1.165) is 11.1 Å². The molecule has 2 heterocycles. The number of nitrogens with zero attached hydrogens (tertiary/aromatic N) is 3. The minimum atomic E-state index is -0.560. The Bertz CT molecular complexity index is 1520. The Kier molecular flexibility index (Phi) is 6.15. The van der Waals surface area contributed by atoms with Gasteiger partial charge in [-0.15, -0.1) is 0 Å². The van der Waals surface area contributed by atoms with Gasteiger partial charge in [0.05, 0.1) is 35.6 Å². The molecule has 9 heteroatoms. The van der Waals surface area contributed by atoms with Crippen LogP contribution in [0.2, 0.25) is 0 Å². The number of hydroxylamine groups is 2. The number of rotatable bonds is 4. The fraction of sp³-hybridized carbons (Fsp3) is 0.222. The van der Waals surface area contributed by atoms with E-state index in [2.05, 4.69) is 15.6 Å². The maximum Gasteiger partial charge on any atom is 0.346 e. The van der Waals surface area contributed by atoms with Crippen LogP contribution < -0.4 is 16.2 Å². The average Bonchev–Trinajstić information content (AvgIpc) is 3.36. The van der Waals surface area contributed by atoms with E-state index in [4.69, 9.17) is 4.84 Å². The van der Waals surface area contributed by atoms with Crippen molar-refractivity contribution in [1.82, 2.24) is 14.6 Å². The maximum atomic E-state index is 14.9. The van der Waals surface area contributed by atoms with Gasteiger partial charge in [0, 0.05) is 24.8 Å². The maximum absolute atomic E-state index is 14.9. The first-order valence-corrected chi connectivity index (χ1v) is 11.6. The third-order valence-corrected chi connectivity index (χ3v) is 6.46. The smallest absolute Gasteiger partial charge is 0.346 e. The fourth-order valence-electron chi connectivity index (χ4n) is 4.45. The number of carbonyl (C=O) groups is 1. The molecule has 1 fully saturated rings. The Balaban J connectivity index is 1.42. The molecular weight excluding hydrogens is 461 g/mol. The van der Waals surface area contributed by atoms with E-state index in [1.807, 2.05) is 43.3 Å². The summed E-state index contributed by atoms with van der Waals surface area (Å²) in [6.07, 6.45) is 2.14. The molecule has 0 spiro atoms. The molecule has 1 aromatic heterocycles. The lowest BCUT2D eigenvalue weighted by Crippen LogP contribution is -2.33. The molecule has 184 valence electrons. The highest BCUT2D eigenvalue weighted by atomic mass is 19.1. The standard InChI is InChI=1S/C27H26FN5O3/c1-16-13-19(28)23(31-27(35)33-24(11-12-36-33)18-7-5-4-6-8-18)14-22(16)30-20-9-10-21-25(17(20)2)26(34)32(3)15-29-21/h4-10,13-15,24,30H,11-12H2,1-3H3,(H,31,35)/t24-/m1/s1. The second-order valence-electron chi connectivity index (χ2n) is 8.87. The summed E-state index contributed by atoms with van der Waals surface area (Å²) in [6.45, 7) is 4.00. The molecule has 0 bridgehead atoms. The van der Waals surface area contributed by atoms with Crippen LogP contribution in [-0.4, -0.2) is 27.3 Å². The number of fused-ring (bicyclic) bond motifs is 1. The van der Waals surface area contributed by atoms with Crippen molar-refractivity contribution in [2.45, 2.75) is 26.3 Å². The number of anilines is 3. The lowest BCUT2D eigenvalue weighted by atomic mass is 10.1. The highest BCUT2D eigenvalue weighted by molar-refractivity contribution is 5.91. The lowest BCUT2D eigenvalue weighted by Gasteiger charge is -2.23. The van der Waals surface area contributed by atoms with Gasteiger partial charge in [0.2, 0.25) is 0 Å². The van der Waals surface area contributed by atoms with Crippen molar-refractivity contribution in [3.05, 3.63) is 93.8 Å². The summed E-state index contributed by atoms with van der Waals surface area (Å²) >= 11 is 0. The first-order chi connectivity index (χ1) is 17.3. The summed E-state index contributed by atoms with van der Waals surface area (Å²) in [5.41, 5.74) is 4.07. The van der Waals surface area contributed by atoms with Crippen molar-refractivity contribution in [3.8, 4) is 0 Å². The van der Waals surface area contributed by atoms with Crippen LogP contribution in [0.15, 0.2) is 65.7 Å². The zero-order chi connectivity index (χ0) is 25.4. The van der Waals surface area contributed by atoms with Crippen molar-refractivity contribution in [1.29, 1.82) is 0 Å². The molecule has 0 radical (unpaired) electrons. The van der Waals surface area contributed by atoms with Gasteiger partial charge in [0.1, 0.15) is 5.82 Å². The van der Waals surface area contributed by atoms with Crippen LogP contribution in [0.25, 0.3) is 10.9 Å². The van der Waals surface area contributed by atoms with Crippen LogP contribution in [0.5, 0.6) is 0 Å². The summed E-state index contributed by atoms with van der Waals surface area (Å²) in [4.78, 5) is 35.6. The second-order valence-corrected chi connectivity index (χ2v) is 8.87. The number of aryl methyl sites for hydroxylation is 3. The molecule has 2 amide bonds. The lowest BCUT2D eigenvalue weighted by molar-refractivity contribution is -0.0830. The largest absolute Gasteiger partial charge is 0.355 e. The second kappa shape index (κ2) is 9.43. The van der Waals surface area contributed by atoms with E-state index >= 15 is 0 Å². The molecular formula is C27H26FN5O3. The topological polar surface area (TPSA) is 88.5 Å². The van der Waals surface area contributed by atoms with Crippen molar-refractivity contribution < 1.29 is 14.0 Å². The zero-order valence-corrected chi connectivity index (χ0v) is 20.2. The quantitative estimate of drug-likeness (QED) is 0.406. The number of aromatic nitrogens is 2. The molecule has 3 aromatic carbocycles. The third kappa shape index (κ3) is 4.29. The third-order valence-electron chi connectivity index (χ3n) is 6.46. The van der Waals surface area contributed by atoms with Crippen molar-refractivity contribution in [2.24, 2.45) is 7.05 Å². The molecule has 1 atom stereocenters. The van der Waals surface area contributed by atoms with Gasteiger partial charge < -0.3 is 15.2 Å². The Labute approximate surface area is 207 Å². The highest BCUT2D eigenvalue weighted by Crippen LogP contribution is 2.33. The number of benzene rings is 3. The fourth-order valence-corrected chi connectivity index (χ4v) is 4.45. The number of hydrogen-bond acceptors (Lipinski definition) is 5. The highest BCUT2D eigenvalue weighted by Gasteiger charge is 2.32. The van der Waals surface area contributed by atoms with Gasteiger partial charge in [-0.25, -0.2) is 14.2 Å². The van der Waals surface area contributed by atoms with Gasteiger partial charge in [-0.3, -0.25) is 9.63 Å². The molecule has 0 aliphatic carbocycles. The van der Waals surface area contributed by atoms with Gasteiger partial charge in [-0.1, -0.05) is 30.3 Å². The molecule has 1 aliphatic heterocycles. The summed E-state index contributed by atoms with van der Waals surface area (Å²) in [7, 11) is 1.65. The number of amides is 2. The number of urea groups is 1. The van der Waals surface area contributed by atoms with Gasteiger partial charge >= 0.3 is 6.03 Å². The van der Waals surface area contributed by atoms with E-state index in [9.17, 15) is 14.0 Å². The SMILES string of the molecule is Cc1cc(F)c(NC(=O)N2OCC[C@@H]2c2ccccc2)cc1Nc1ccc2ncn(C)c(=O)c2c1C. The monoisotopic (exact) mass is 487 g/mol. The first-order valence-electron chi connectivity index (χ1n) is 11.6. The van der Waals surface area contributed by atoms with Crippen molar-refractivity contribution >= 4 is 34.0 Å². The van der Waals surface area contributed by atoms with Crippen LogP contribution in [-0.2, 0) is 11.9 Å². The van der Waals surface area contributed by atoms with Crippen LogP contribution in [0.3, 0.4) is 0 Å². The van der Waals surface area contributed by atoms with Crippen LogP contribution in [0.1, 0.15) is 29.2 Å². The molecule has 4 aromatic rings. The number of carbonyl (C=O) groups excluding carboxylic acids is 1. The van der Waals surface area contributed by atoms with Crippen LogP contribution in [0, 0.1) is 19.7 Å². The first kappa shape index (κ1) is 23.5. The molecule has 36 heavy (non-hydrogen) atoms. The minimum Gasteiger partial charge on any atom is -0.355 e. The molecule has 0 saturated carbocycles. The molecule has 2 N–H and O–H groups in total. The van der Waals surface area contributed by atoms with Gasteiger partial charge in [0.15, 0.2) is 0 Å². The van der Waals surface area contributed by atoms with Crippen molar-refractivity contribution in [2.75, 3.05) is 17.2 Å². The summed E-state index contributed by atoms with van der Waals surface area (Å²) in [5, 5.41) is 7.71. The predicted octanol–water partition coefficient (Wildman–Crippen LogP) is 5.34. The number of nitrogens with one attached hydrogen (secondary N) is 2. The average molecular weight is 488 g/mol. The van der Waals surface area contributed by atoms with E-state index in [1.165, 1.54) is 22.0 Å². The summed E-state index contributed by atoms with van der Waals surface area (Å²) in [5.74, 6) is -0.560. The van der Waals surface area contributed by atoms with E-state index in [-0.39, 0.29) is 17.3 Å². The van der Waals surface area contributed by atoms with Crippen molar-refractivity contribution in [3.63, 3.8) is 0 Å². The Hall–Kier alpha value is -4.24. The van der Waals surface area contributed by atoms with Crippen LogP contribution >= 0.6 is 0 Å². The molecule has 5 rings (SSSR count). The molecule has 1 saturated heterocycles. The van der Waals surface area contributed by atoms with Crippen LogP contribution in [0.4, 0.5) is 26.2 Å². The Morgan fingerprint density at radius 2 is 1.86 bits per heavy atom. The molecule has 1 aliphatic rings. The predicted molar refractivity (Wildman–Crippen MR) is 137 cm³/mol. The Morgan fingerprint density at radius 1 is 1.08 bits per heavy atom.